The first-order valence-electron chi connectivity index (χ1n) is 14.8. The van der Waals surface area contributed by atoms with Gasteiger partial charge >= 0.3 is 0 Å². The zero-order valence-electron chi connectivity index (χ0n) is 25.0. The van der Waals surface area contributed by atoms with Gasteiger partial charge in [-0.3, -0.25) is 24.9 Å². The van der Waals surface area contributed by atoms with Gasteiger partial charge in [0.2, 0.25) is 5.91 Å². The molecule has 1 heterocycles. The van der Waals surface area contributed by atoms with Crippen molar-refractivity contribution in [1.29, 1.82) is 0 Å². The standard InChI is InChI=1S/C32H49N5O3/c1-5-6-16-34-32(33)35-31(38)15-11-26-10-14-29(30(23-26)40-22-7-21-39-4)28-12-8-27(9-13-28)24-36-17-19-37(20-18-36)25(2)3/h8-10,12-14,23,25H,5-7,11,15-22,24H2,1-4H3,(H3,33,34,35,38). The normalized spacial score (nSPS) is 15.0. The van der Waals surface area contributed by atoms with Gasteiger partial charge in [0.05, 0.1) is 6.61 Å². The van der Waals surface area contributed by atoms with Crippen molar-refractivity contribution in [1.82, 2.24) is 15.1 Å². The van der Waals surface area contributed by atoms with Crippen molar-refractivity contribution in [3.63, 3.8) is 0 Å². The van der Waals surface area contributed by atoms with Crippen molar-refractivity contribution in [2.45, 2.75) is 65.5 Å². The summed E-state index contributed by atoms with van der Waals surface area (Å²) in [4.78, 5) is 21.6. The van der Waals surface area contributed by atoms with Gasteiger partial charge in [0, 0.05) is 77.4 Å². The second kappa shape index (κ2) is 17.0. The number of carbonyl (C=O) groups excluding carboxylic acids is 1. The molecule has 2 aromatic carbocycles. The Morgan fingerprint density at radius 2 is 1.75 bits per heavy atom. The van der Waals surface area contributed by atoms with Gasteiger partial charge < -0.3 is 15.2 Å². The van der Waals surface area contributed by atoms with E-state index in [0.29, 0.717) is 38.6 Å². The molecule has 40 heavy (non-hydrogen) atoms. The van der Waals surface area contributed by atoms with Gasteiger partial charge in [0.15, 0.2) is 5.96 Å². The Kier molecular flexibility index (Phi) is 13.4. The van der Waals surface area contributed by atoms with E-state index in [4.69, 9.17) is 15.2 Å². The van der Waals surface area contributed by atoms with E-state index in [9.17, 15) is 4.79 Å². The van der Waals surface area contributed by atoms with Crippen LogP contribution in [0.5, 0.6) is 5.75 Å². The minimum Gasteiger partial charge on any atom is -0.493 e. The SMILES string of the molecule is CCCCN=C(N)NC(=O)CCc1ccc(-c2ccc(CN3CCN(C(C)C)CC3)cc2)c(OCCCOC)c1. The van der Waals surface area contributed by atoms with E-state index in [1.165, 1.54) is 5.56 Å². The fraction of sp³-hybridized carbons (Fsp3) is 0.562. The van der Waals surface area contributed by atoms with E-state index in [-0.39, 0.29) is 11.9 Å². The molecule has 0 bridgehead atoms. The lowest BCUT2D eigenvalue weighted by Gasteiger charge is -2.36. The molecule has 0 aromatic heterocycles. The molecule has 8 nitrogen and oxygen atoms in total. The van der Waals surface area contributed by atoms with E-state index in [0.717, 1.165) is 74.4 Å². The van der Waals surface area contributed by atoms with Crippen LogP contribution in [0.25, 0.3) is 11.1 Å². The second-order valence-corrected chi connectivity index (χ2v) is 10.8. The number of rotatable bonds is 15. The molecule has 0 aliphatic carbocycles. The molecule has 0 spiro atoms. The number of nitrogens with one attached hydrogen (secondary N) is 1. The predicted molar refractivity (Wildman–Crippen MR) is 164 cm³/mol. The average molecular weight is 552 g/mol. The maximum atomic E-state index is 12.4. The van der Waals surface area contributed by atoms with Gasteiger partial charge in [0.25, 0.3) is 0 Å². The summed E-state index contributed by atoms with van der Waals surface area (Å²) in [6.45, 7) is 13.9. The highest BCUT2D eigenvalue weighted by molar-refractivity contribution is 5.96. The monoisotopic (exact) mass is 551 g/mol. The number of carbonyl (C=O) groups is 1. The number of benzene rings is 2. The van der Waals surface area contributed by atoms with Crippen molar-refractivity contribution in [3.05, 3.63) is 53.6 Å². The van der Waals surface area contributed by atoms with Gasteiger partial charge in [-0.15, -0.1) is 0 Å². The lowest BCUT2D eigenvalue weighted by molar-refractivity contribution is -0.119. The van der Waals surface area contributed by atoms with Crippen molar-refractivity contribution < 1.29 is 14.3 Å². The molecule has 1 amide bonds. The Hall–Kier alpha value is -2.94. The lowest BCUT2D eigenvalue weighted by atomic mass is 9.99. The zero-order chi connectivity index (χ0) is 28.7. The fourth-order valence-corrected chi connectivity index (χ4v) is 4.81. The van der Waals surface area contributed by atoms with Crippen molar-refractivity contribution in [3.8, 4) is 16.9 Å². The van der Waals surface area contributed by atoms with Gasteiger partial charge in [-0.1, -0.05) is 49.7 Å². The summed E-state index contributed by atoms with van der Waals surface area (Å²) in [6.07, 6.45) is 3.71. The minimum absolute atomic E-state index is 0.134. The number of unbranched alkanes of at least 4 members (excludes halogenated alkanes) is 1. The number of piperazine rings is 1. The molecule has 0 radical (unpaired) electrons. The van der Waals surface area contributed by atoms with Gasteiger partial charge in [0.1, 0.15) is 5.75 Å². The van der Waals surface area contributed by atoms with E-state index in [1.807, 2.05) is 0 Å². The zero-order valence-corrected chi connectivity index (χ0v) is 25.0. The van der Waals surface area contributed by atoms with Gasteiger partial charge in [-0.2, -0.15) is 0 Å². The predicted octanol–water partition coefficient (Wildman–Crippen LogP) is 4.46. The van der Waals surface area contributed by atoms with Crippen molar-refractivity contribution >= 4 is 11.9 Å². The number of nitrogens with zero attached hydrogens (tertiary/aromatic N) is 3. The number of aliphatic imine (C=N–C) groups is 1. The van der Waals surface area contributed by atoms with Crippen LogP contribution >= 0.6 is 0 Å². The Labute approximate surface area is 240 Å². The molecular formula is C32H49N5O3. The highest BCUT2D eigenvalue weighted by Crippen LogP contribution is 2.32. The van der Waals surface area contributed by atoms with Gasteiger partial charge in [-0.05, 0) is 49.4 Å². The Balaban J connectivity index is 1.63. The number of ether oxygens (including phenoxy) is 2. The number of amides is 1. The number of methoxy groups -OCH3 is 1. The van der Waals surface area contributed by atoms with Crippen LogP contribution in [0.3, 0.4) is 0 Å². The molecule has 0 unspecified atom stereocenters. The molecule has 1 saturated heterocycles. The molecule has 0 saturated carbocycles. The third kappa shape index (κ3) is 10.6. The molecule has 2 aromatic rings. The molecule has 0 atom stereocenters. The maximum absolute atomic E-state index is 12.4. The summed E-state index contributed by atoms with van der Waals surface area (Å²) >= 11 is 0. The van der Waals surface area contributed by atoms with E-state index >= 15 is 0 Å². The quantitative estimate of drug-likeness (QED) is 0.193. The number of hydrogen-bond donors (Lipinski definition) is 2. The first kappa shape index (κ1) is 31.6. The summed E-state index contributed by atoms with van der Waals surface area (Å²) in [5, 5.41) is 2.69. The Morgan fingerprint density at radius 3 is 2.42 bits per heavy atom. The molecule has 1 aliphatic rings. The largest absolute Gasteiger partial charge is 0.493 e. The summed E-state index contributed by atoms with van der Waals surface area (Å²) in [6, 6.07) is 15.7. The first-order valence-corrected chi connectivity index (χ1v) is 14.8. The summed E-state index contributed by atoms with van der Waals surface area (Å²) in [5.41, 5.74) is 10.4. The van der Waals surface area contributed by atoms with Crippen LogP contribution in [0.2, 0.25) is 0 Å². The van der Waals surface area contributed by atoms with Crippen molar-refractivity contribution in [2.24, 2.45) is 10.7 Å². The second-order valence-electron chi connectivity index (χ2n) is 10.8. The van der Waals surface area contributed by atoms with Crippen LogP contribution in [0, 0.1) is 0 Å². The van der Waals surface area contributed by atoms with E-state index in [2.05, 4.69) is 83.3 Å². The number of hydrogen-bond acceptors (Lipinski definition) is 6. The van der Waals surface area contributed by atoms with E-state index < -0.39 is 0 Å². The fourth-order valence-electron chi connectivity index (χ4n) is 4.81. The average Bonchev–Trinajstić information content (AvgIpc) is 2.95. The molecule has 8 heteroatoms. The lowest BCUT2D eigenvalue weighted by Crippen LogP contribution is -2.48. The summed E-state index contributed by atoms with van der Waals surface area (Å²) in [5.74, 6) is 0.884. The third-order valence-corrected chi connectivity index (χ3v) is 7.31. The Morgan fingerprint density at radius 1 is 1.02 bits per heavy atom. The van der Waals surface area contributed by atoms with Crippen LogP contribution < -0.4 is 15.8 Å². The van der Waals surface area contributed by atoms with Gasteiger partial charge in [-0.25, -0.2) is 0 Å². The number of aryl methyl sites for hydroxylation is 1. The smallest absolute Gasteiger partial charge is 0.226 e. The summed E-state index contributed by atoms with van der Waals surface area (Å²) < 4.78 is 11.4. The van der Waals surface area contributed by atoms with Crippen molar-refractivity contribution in [2.75, 3.05) is 53.0 Å². The minimum atomic E-state index is -0.134. The van der Waals surface area contributed by atoms with Crippen LogP contribution in [-0.2, 0) is 22.5 Å². The van der Waals surface area contributed by atoms with Crippen LogP contribution in [0.4, 0.5) is 0 Å². The molecule has 1 aliphatic heterocycles. The number of nitrogens with two attached hydrogens (primary N) is 1. The Bertz CT molecular complexity index is 1060. The highest BCUT2D eigenvalue weighted by atomic mass is 16.5. The van der Waals surface area contributed by atoms with E-state index in [1.54, 1.807) is 7.11 Å². The highest BCUT2D eigenvalue weighted by Gasteiger charge is 2.19. The molecule has 1 fully saturated rings. The van der Waals surface area contributed by atoms with Crippen LogP contribution in [0.15, 0.2) is 47.5 Å². The molecule has 220 valence electrons. The summed E-state index contributed by atoms with van der Waals surface area (Å²) in [7, 11) is 1.70. The number of guanidine groups is 1. The first-order chi connectivity index (χ1) is 19.4. The molecular weight excluding hydrogens is 502 g/mol. The van der Waals surface area contributed by atoms with Crippen LogP contribution in [-0.4, -0.2) is 80.8 Å². The maximum Gasteiger partial charge on any atom is 0.226 e. The topological polar surface area (TPSA) is 92.4 Å². The third-order valence-electron chi connectivity index (χ3n) is 7.31. The molecule has 3 N–H and O–H groups in total. The molecule has 3 rings (SSSR count). The van der Waals surface area contributed by atoms with Crippen LogP contribution in [0.1, 0.15) is 57.6 Å².